The molecule has 0 saturated heterocycles. The van der Waals surface area contributed by atoms with Crippen LogP contribution in [0.15, 0.2) is 67.3 Å². The van der Waals surface area contributed by atoms with E-state index in [4.69, 9.17) is 0 Å². The highest BCUT2D eigenvalue weighted by molar-refractivity contribution is 6.04. The molecule has 0 heterocycles. The lowest BCUT2D eigenvalue weighted by Gasteiger charge is -2.09. The van der Waals surface area contributed by atoms with Crippen molar-refractivity contribution >= 4 is 11.6 Å². The van der Waals surface area contributed by atoms with Crippen LogP contribution in [0, 0.1) is 0 Å². The summed E-state index contributed by atoms with van der Waals surface area (Å²) in [7, 11) is 0. The molecule has 19 heavy (non-hydrogen) atoms. The van der Waals surface area contributed by atoms with Gasteiger partial charge in [-0.2, -0.15) is 0 Å². The highest BCUT2D eigenvalue weighted by Gasteiger charge is 2.05. The number of benzene rings is 2. The summed E-state index contributed by atoms with van der Waals surface area (Å²) in [5.41, 5.74) is 2.65. The maximum atomic E-state index is 12.0. The van der Waals surface area contributed by atoms with Crippen LogP contribution >= 0.6 is 0 Å². The van der Waals surface area contributed by atoms with Crippen LogP contribution in [-0.4, -0.2) is 5.91 Å². The van der Waals surface area contributed by atoms with Gasteiger partial charge in [0.1, 0.15) is 0 Å². The predicted molar refractivity (Wildman–Crippen MR) is 79.4 cm³/mol. The molecule has 1 N–H and O–H groups in total. The van der Waals surface area contributed by atoms with Crippen molar-refractivity contribution in [2.24, 2.45) is 0 Å². The Labute approximate surface area is 113 Å². The van der Waals surface area contributed by atoms with Crippen molar-refractivity contribution in [1.82, 2.24) is 0 Å². The molecule has 0 aliphatic rings. The first kappa shape index (κ1) is 13.1. The highest BCUT2D eigenvalue weighted by atomic mass is 16.1. The number of carbonyl (C=O) groups is 1. The van der Waals surface area contributed by atoms with Crippen molar-refractivity contribution in [1.29, 1.82) is 0 Å². The molecule has 1 atom stereocenters. The zero-order valence-electron chi connectivity index (χ0n) is 11.0. The Morgan fingerprint density at radius 1 is 1.11 bits per heavy atom. The van der Waals surface area contributed by atoms with Crippen LogP contribution in [0.3, 0.4) is 0 Å². The number of hydrogen-bond donors (Lipinski definition) is 1. The summed E-state index contributed by atoms with van der Waals surface area (Å²) < 4.78 is 0. The average Bonchev–Trinajstić information content (AvgIpc) is 2.48. The van der Waals surface area contributed by atoms with Gasteiger partial charge in [-0.05, 0) is 35.7 Å². The fourth-order valence-corrected chi connectivity index (χ4v) is 1.80. The molecule has 2 rings (SSSR count). The minimum Gasteiger partial charge on any atom is -0.322 e. The molecule has 2 heteroatoms. The topological polar surface area (TPSA) is 29.1 Å². The van der Waals surface area contributed by atoms with Gasteiger partial charge in [0.15, 0.2) is 0 Å². The minimum atomic E-state index is -0.0925. The number of rotatable bonds is 4. The Kier molecular flexibility index (Phi) is 4.14. The van der Waals surface area contributed by atoms with Crippen LogP contribution in [0.1, 0.15) is 28.8 Å². The number of hydrogen-bond acceptors (Lipinski definition) is 1. The van der Waals surface area contributed by atoms with Gasteiger partial charge < -0.3 is 5.32 Å². The average molecular weight is 251 g/mol. The highest BCUT2D eigenvalue weighted by Crippen LogP contribution is 2.19. The number of carbonyl (C=O) groups excluding carboxylic acids is 1. The molecule has 0 aliphatic heterocycles. The largest absolute Gasteiger partial charge is 0.322 e. The van der Waals surface area contributed by atoms with Crippen molar-refractivity contribution in [3.63, 3.8) is 0 Å². The molecular weight excluding hydrogens is 234 g/mol. The van der Waals surface area contributed by atoms with Gasteiger partial charge in [0.2, 0.25) is 0 Å². The van der Waals surface area contributed by atoms with E-state index in [-0.39, 0.29) is 5.91 Å². The zero-order valence-corrected chi connectivity index (χ0v) is 11.0. The Balaban J connectivity index is 2.08. The van der Waals surface area contributed by atoms with E-state index in [0.717, 1.165) is 5.69 Å². The monoisotopic (exact) mass is 251 g/mol. The molecule has 1 amide bonds. The summed E-state index contributed by atoms with van der Waals surface area (Å²) in [6.45, 7) is 5.87. The van der Waals surface area contributed by atoms with Gasteiger partial charge in [0, 0.05) is 11.3 Å². The van der Waals surface area contributed by atoms with E-state index >= 15 is 0 Å². The maximum absolute atomic E-state index is 12.0. The third-order valence-corrected chi connectivity index (χ3v) is 3.08. The third kappa shape index (κ3) is 3.32. The van der Waals surface area contributed by atoms with Crippen molar-refractivity contribution in [3.8, 4) is 0 Å². The van der Waals surface area contributed by atoms with Crippen molar-refractivity contribution in [3.05, 3.63) is 78.4 Å². The van der Waals surface area contributed by atoms with Crippen LogP contribution in [0.25, 0.3) is 0 Å². The third-order valence-electron chi connectivity index (χ3n) is 3.08. The summed E-state index contributed by atoms with van der Waals surface area (Å²) >= 11 is 0. The molecule has 96 valence electrons. The Hall–Kier alpha value is -2.35. The number of nitrogens with one attached hydrogen (secondary N) is 1. The van der Waals surface area contributed by atoms with Gasteiger partial charge in [0.05, 0.1) is 0 Å². The Morgan fingerprint density at radius 2 is 1.74 bits per heavy atom. The van der Waals surface area contributed by atoms with E-state index in [2.05, 4.69) is 18.8 Å². The second-order valence-corrected chi connectivity index (χ2v) is 4.47. The van der Waals surface area contributed by atoms with Gasteiger partial charge in [-0.3, -0.25) is 4.79 Å². The zero-order chi connectivity index (χ0) is 13.7. The number of anilines is 1. The van der Waals surface area contributed by atoms with Gasteiger partial charge in [0.25, 0.3) is 5.91 Å². The molecule has 0 saturated carbocycles. The van der Waals surface area contributed by atoms with E-state index < -0.39 is 0 Å². The standard InChI is InChI=1S/C17H17NO/c1-3-13(2)14-9-11-16(12-10-14)18-17(19)15-7-5-4-6-8-15/h3-13H,1H2,2H3,(H,18,19). The summed E-state index contributed by atoms with van der Waals surface area (Å²) in [5.74, 6) is 0.226. The molecule has 1 unspecified atom stereocenters. The Morgan fingerprint density at radius 3 is 2.32 bits per heavy atom. The molecule has 2 aromatic carbocycles. The smallest absolute Gasteiger partial charge is 0.255 e. The lowest BCUT2D eigenvalue weighted by molar-refractivity contribution is 0.102. The summed E-state index contributed by atoms with van der Waals surface area (Å²) in [6, 6.07) is 17.0. The fraction of sp³-hybridized carbons (Fsp3) is 0.118. The van der Waals surface area contributed by atoms with Crippen molar-refractivity contribution < 1.29 is 4.79 Å². The molecule has 0 fully saturated rings. The van der Waals surface area contributed by atoms with Crippen LogP contribution in [-0.2, 0) is 0 Å². The summed E-state index contributed by atoms with van der Waals surface area (Å²) in [6.07, 6.45) is 1.90. The normalized spacial score (nSPS) is 11.6. The molecule has 0 spiro atoms. The number of amides is 1. The van der Waals surface area contributed by atoms with Crippen LogP contribution in [0.4, 0.5) is 5.69 Å². The van der Waals surface area contributed by atoms with Gasteiger partial charge >= 0.3 is 0 Å². The van der Waals surface area contributed by atoms with E-state index in [1.54, 1.807) is 12.1 Å². The lowest BCUT2D eigenvalue weighted by atomic mass is 10.0. The SMILES string of the molecule is C=CC(C)c1ccc(NC(=O)c2ccccc2)cc1. The minimum absolute atomic E-state index is 0.0925. The van der Waals surface area contributed by atoms with Gasteiger partial charge in [-0.25, -0.2) is 0 Å². The molecular formula is C17H17NO. The first-order valence-electron chi connectivity index (χ1n) is 6.29. The van der Waals surface area contributed by atoms with E-state index in [9.17, 15) is 4.79 Å². The summed E-state index contributed by atoms with van der Waals surface area (Å²) in [5, 5.41) is 2.88. The second kappa shape index (κ2) is 6.01. The second-order valence-electron chi connectivity index (χ2n) is 4.47. The van der Waals surface area contributed by atoms with E-state index in [1.807, 2.05) is 48.5 Å². The molecule has 2 nitrogen and oxygen atoms in total. The van der Waals surface area contributed by atoms with Crippen LogP contribution in [0.2, 0.25) is 0 Å². The van der Waals surface area contributed by atoms with Gasteiger partial charge in [-0.15, -0.1) is 6.58 Å². The van der Waals surface area contributed by atoms with Crippen molar-refractivity contribution in [2.45, 2.75) is 12.8 Å². The molecule has 0 radical (unpaired) electrons. The lowest BCUT2D eigenvalue weighted by Crippen LogP contribution is -2.11. The first-order valence-corrected chi connectivity index (χ1v) is 6.29. The Bertz CT molecular complexity index is 558. The first-order chi connectivity index (χ1) is 9.20. The fourth-order valence-electron chi connectivity index (χ4n) is 1.80. The quantitative estimate of drug-likeness (QED) is 0.809. The van der Waals surface area contributed by atoms with Gasteiger partial charge in [-0.1, -0.05) is 43.3 Å². The molecule has 0 aromatic heterocycles. The molecule has 0 aliphatic carbocycles. The summed E-state index contributed by atoms with van der Waals surface area (Å²) in [4.78, 5) is 12.0. The predicted octanol–water partition coefficient (Wildman–Crippen LogP) is 4.23. The van der Waals surface area contributed by atoms with E-state index in [0.29, 0.717) is 11.5 Å². The molecule has 2 aromatic rings. The van der Waals surface area contributed by atoms with Crippen molar-refractivity contribution in [2.75, 3.05) is 5.32 Å². The number of allylic oxidation sites excluding steroid dienone is 1. The van der Waals surface area contributed by atoms with E-state index in [1.165, 1.54) is 5.56 Å². The van der Waals surface area contributed by atoms with Crippen LogP contribution in [0.5, 0.6) is 0 Å². The molecule has 0 bridgehead atoms. The van der Waals surface area contributed by atoms with Crippen LogP contribution < -0.4 is 5.32 Å². The maximum Gasteiger partial charge on any atom is 0.255 e.